The Bertz CT molecular complexity index is 402. The lowest BCUT2D eigenvalue weighted by Crippen LogP contribution is -2.41. The maximum Gasteiger partial charge on any atom is 0.246 e. The minimum atomic E-state index is 0.405. The molecule has 1 atom stereocenters. The van der Waals surface area contributed by atoms with Gasteiger partial charge < -0.3 is 15.2 Å². The van der Waals surface area contributed by atoms with Crippen molar-refractivity contribution in [1.29, 1.82) is 0 Å². The Morgan fingerprint density at radius 1 is 1.35 bits per heavy atom. The third-order valence-electron chi connectivity index (χ3n) is 3.07. The van der Waals surface area contributed by atoms with E-state index in [1.54, 1.807) is 14.0 Å². The second-order valence-electron chi connectivity index (χ2n) is 5.06. The number of aromatic nitrogens is 2. The number of aryl methyl sites for hydroxylation is 1. The molecule has 0 radical (unpaired) electrons. The van der Waals surface area contributed by atoms with Gasteiger partial charge in [-0.05, 0) is 20.3 Å². The van der Waals surface area contributed by atoms with Gasteiger partial charge in [-0.1, -0.05) is 37.8 Å². The van der Waals surface area contributed by atoms with Crippen LogP contribution in [0.4, 0.5) is 0 Å². The van der Waals surface area contributed by atoms with Gasteiger partial charge in [-0.25, -0.2) is 0 Å². The van der Waals surface area contributed by atoms with E-state index in [0.717, 1.165) is 12.4 Å². The van der Waals surface area contributed by atoms with Gasteiger partial charge in [-0.15, -0.1) is 0 Å². The third kappa shape index (κ3) is 6.54. The molecule has 0 saturated heterocycles. The molecular formula is C14H27N5O. The summed E-state index contributed by atoms with van der Waals surface area (Å²) in [6.07, 6.45) is 6.29. The lowest BCUT2D eigenvalue weighted by Gasteiger charge is -2.17. The summed E-state index contributed by atoms with van der Waals surface area (Å²) in [4.78, 5) is 8.34. The van der Waals surface area contributed by atoms with E-state index >= 15 is 0 Å². The van der Waals surface area contributed by atoms with Crippen LogP contribution in [0.5, 0.6) is 0 Å². The van der Waals surface area contributed by atoms with E-state index in [1.165, 1.54) is 25.7 Å². The summed E-state index contributed by atoms with van der Waals surface area (Å²) in [6.45, 7) is 6.70. The molecule has 0 bridgehead atoms. The smallest absolute Gasteiger partial charge is 0.246 e. The molecule has 0 aliphatic carbocycles. The number of guanidine groups is 1. The molecule has 0 amide bonds. The van der Waals surface area contributed by atoms with Crippen molar-refractivity contribution in [2.45, 2.75) is 65.5 Å². The van der Waals surface area contributed by atoms with Crippen molar-refractivity contribution in [3.63, 3.8) is 0 Å². The maximum absolute atomic E-state index is 5.05. The van der Waals surface area contributed by atoms with E-state index in [9.17, 15) is 0 Å². The molecule has 6 heteroatoms. The lowest BCUT2D eigenvalue weighted by molar-refractivity contribution is 0.371. The highest BCUT2D eigenvalue weighted by atomic mass is 16.5. The fraction of sp³-hybridized carbons (Fsp3) is 0.786. The summed E-state index contributed by atoms with van der Waals surface area (Å²) in [5, 5.41) is 10.3. The van der Waals surface area contributed by atoms with Crippen molar-refractivity contribution < 1.29 is 4.52 Å². The highest BCUT2D eigenvalue weighted by molar-refractivity contribution is 5.79. The van der Waals surface area contributed by atoms with E-state index in [4.69, 9.17) is 4.52 Å². The van der Waals surface area contributed by atoms with Crippen molar-refractivity contribution in [3.8, 4) is 0 Å². The third-order valence-corrected chi connectivity index (χ3v) is 3.07. The van der Waals surface area contributed by atoms with Gasteiger partial charge in [0, 0.05) is 13.1 Å². The second kappa shape index (κ2) is 9.34. The Kier molecular flexibility index (Phi) is 7.69. The van der Waals surface area contributed by atoms with Crippen molar-refractivity contribution >= 4 is 5.96 Å². The molecule has 1 rings (SSSR count). The molecule has 0 aliphatic rings. The van der Waals surface area contributed by atoms with Crippen molar-refractivity contribution in [2.24, 2.45) is 4.99 Å². The minimum absolute atomic E-state index is 0.405. The van der Waals surface area contributed by atoms with Crippen LogP contribution in [0.1, 0.15) is 57.7 Å². The molecule has 0 aromatic carbocycles. The quantitative estimate of drug-likeness (QED) is 0.435. The summed E-state index contributed by atoms with van der Waals surface area (Å²) < 4.78 is 5.05. The molecule has 0 fully saturated rings. The Morgan fingerprint density at radius 2 is 2.15 bits per heavy atom. The summed E-state index contributed by atoms with van der Waals surface area (Å²) in [5.41, 5.74) is 0. The fourth-order valence-corrected chi connectivity index (χ4v) is 1.95. The maximum atomic E-state index is 5.05. The van der Waals surface area contributed by atoms with E-state index in [0.29, 0.717) is 24.3 Å². The summed E-state index contributed by atoms with van der Waals surface area (Å²) in [7, 11) is 1.76. The molecule has 0 saturated carbocycles. The molecule has 1 unspecified atom stereocenters. The van der Waals surface area contributed by atoms with Crippen LogP contribution in [0.25, 0.3) is 0 Å². The van der Waals surface area contributed by atoms with Gasteiger partial charge in [-0.2, -0.15) is 4.98 Å². The van der Waals surface area contributed by atoms with Crippen LogP contribution >= 0.6 is 0 Å². The number of nitrogens with one attached hydrogen (secondary N) is 2. The number of nitrogens with zero attached hydrogens (tertiary/aromatic N) is 3. The zero-order valence-electron chi connectivity index (χ0n) is 13.1. The molecule has 0 spiro atoms. The van der Waals surface area contributed by atoms with Gasteiger partial charge in [0.15, 0.2) is 11.8 Å². The van der Waals surface area contributed by atoms with Gasteiger partial charge in [-0.3, -0.25) is 4.99 Å². The lowest BCUT2D eigenvalue weighted by atomic mass is 10.1. The first-order valence-electron chi connectivity index (χ1n) is 7.42. The van der Waals surface area contributed by atoms with Gasteiger partial charge in [0.2, 0.25) is 5.89 Å². The van der Waals surface area contributed by atoms with Crippen LogP contribution in [0.2, 0.25) is 0 Å². The van der Waals surface area contributed by atoms with Crippen LogP contribution in [0, 0.1) is 6.92 Å². The molecule has 1 heterocycles. The molecular weight excluding hydrogens is 254 g/mol. The first kappa shape index (κ1) is 16.5. The Balaban J connectivity index is 2.25. The van der Waals surface area contributed by atoms with Gasteiger partial charge in [0.05, 0.1) is 6.54 Å². The highest BCUT2D eigenvalue weighted by Gasteiger charge is 2.07. The largest absolute Gasteiger partial charge is 0.354 e. The van der Waals surface area contributed by atoms with Gasteiger partial charge >= 0.3 is 0 Å². The molecule has 2 N–H and O–H groups in total. The number of aliphatic imine (C=N–C) groups is 1. The van der Waals surface area contributed by atoms with Crippen LogP contribution < -0.4 is 10.6 Å². The molecule has 0 aliphatic heterocycles. The highest BCUT2D eigenvalue weighted by Crippen LogP contribution is 2.05. The number of unbranched alkanes of at least 4 members (excludes halogenated alkanes) is 3. The monoisotopic (exact) mass is 281 g/mol. The van der Waals surface area contributed by atoms with Crippen LogP contribution in [0.3, 0.4) is 0 Å². The first-order chi connectivity index (χ1) is 9.65. The predicted octanol–water partition coefficient (Wildman–Crippen LogP) is 2.40. The predicted molar refractivity (Wildman–Crippen MR) is 80.6 cm³/mol. The summed E-state index contributed by atoms with van der Waals surface area (Å²) >= 11 is 0. The number of hydrogen-bond acceptors (Lipinski definition) is 4. The standard InChI is InChI=1S/C14H27N5O/c1-5-6-7-8-9-11(2)17-14(15-4)16-10-13-18-12(3)19-20-13/h11H,5-10H2,1-4H3,(H2,15,16,17). The molecule has 1 aromatic heterocycles. The number of rotatable bonds is 8. The molecule has 20 heavy (non-hydrogen) atoms. The minimum Gasteiger partial charge on any atom is -0.354 e. The fourth-order valence-electron chi connectivity index (χ4n) is 1.95. The van der Waals surface area contributed by atoms with Gasteiger partial charge in [0.1, 0.15) is 0 Å². The average Bonchev–Trinajstić information content (AvgIpc) is 2.85. The molecule has 1 aromatic rings. The number of hydrogen-bond donors (Lipinski definition) is 2. The van der Waals surface area contributed by atoms with E-state index in [2.05, 4.69) is 39.6 Å². The van der Waals surface area contributed by atoms with E-state index in [1.807, 2.05) is 0 Å². The van der Waals surface area contributed by atoms with E-state index < -0.39 is 0 Å². The van der Waals surface area contributed by atoms with Crippen molar-refractivity contribution in [3.05, 3.63) is 11.7 Å². The van der Waals surface area contributed by atoms with E-state index in [-0.39, 0.29) is 0 Å². The van der Waals surface area contributed by atoms with Crippen molar-refractivity contribution in [2.75, 3.05) is 7.05 Å². The van der Waals surface area contributed by atoms with Gasteiger partial charge in [0.25, 0.3) is 0 Å². The summed E-state index contributed by atoms with van der Waals surface area (Å²) in [5.74, 6) is 1.99. The Hall–Kier alpha value is -1.59. The summed E-state index contributed by atoms with van der Waals surface area (Å²) in [6, 6.07) is 0.405. The SMILES string of the molecule is CCCCCCC(C)NC(=NC)NCc1nc(C)no1. The average molecular weight is 281 g/mol. The first-order valence-corrected chi connectivity index (χ1v) is 7.42. The van der Waals surface area contributed by atoms with Crippen molar-refractivity contribution in [1.82, 2.24) is 20.8 Å². The van der Waals surface area contributed by atoms with Crippen LogP contribution in [-0.4, -0.2) is 29.2 Å². The van der Waals surface area contributed by atoms with Crippen LogP contribution in [-0.2, 0) is 6.54 Å². The topological polar surface area (TPSA) is 75.3 Å². The Labute approximate surface area is 121 Å². The molecule has 114 valence electrons. The van der Waals surface area contributed by atoms with Crippen LogP contribution in [0.15, 0.2) is 9.52 Å². The Morgan fingerprint density at radius 3 is 2.75 bits per heavy atom. The zero-order chi connectivity index (χ0) is 14.8. The zero-order valence-corrected chi connectivity index (χ0v) is 13.1. The normalized spacial score (nSPS) is 13.3. The second-order valence-corrected chi connectivity index (χ2v) is 5.06. The molecule has 6 nitrogen and oxygen atoms in total.